The zero-order valence-corrected chi connectivity index (χ0v) is 17.0. The second kappa shape index (κ2) is 8.94. The number of piperidine rings is 1. The molecule has 0 bridgehead atoms. The molecule has 0 spiro atoms. The molecule has 1 saturated heterocycles. The zero-order valence-electron chi connectivity index (χ0n) is 14.6. The molecule has 0 aliphatic carbocycles. The van der Waals surface area contributed by atoms with Crippen LogP contribution >= 0.6 is 35.4 Å². The second-order valence-corrected chi connectivity index (χ2v) is 7.43. The van der Waals surface area contributed by atoms with Crippen molar-refractivity contribution in [2.75, 3.05) is 20.2 Å². The fourth-order valence-corrected chi connectivity index (χ4v) is 3.71. The van der Waals surface area contributed by atoms with E-state index < -0.39 is 0 Å². The lowest BCUT2D eigenvalue weighted by molar-refractivity contribution is 0.282. The van der Waals surface area contributed by atoms with Gasteiger partial charge in [-0.3, -0.25) is 0 Å². The number of hydrogen-bond donors (Lipinski definition) is 0. The Labute approximate surface area is 169 Å². The number of halogens is 2. The molecule has 2 aromatic rings. The van der Waals surface area contributed by atoms with Gasteiger partial charge in [0.2, 0.25) is 0 Å². The predicted molar refractivity (Wildman–Crippen MR) is 111 cm³/mol. The molecule has 2 aromatic carbocycles. The standard InChI is InChI=1S/C20H21Cl2NO2S/c1-24-18-7-5-6-15(20(26)23-10-3-2-4-11-23)19(18)25-13-14-8-9-16(21)17(22)12-14/h5-9,12H,2-4,10-11,13H2,1H3. The smallest absolute Gasteiger partial charge is 0.171 e. The summed E-state index contributed by atoms with van der Waals surface area (Å²) in [5.74, 6) is 1.33. The molecular formula is C20H21Cl2NO2S. The molecule has 6 heteroatoms. The van der Waals surface area contributed by atoms with Crippen LogP contribution in [0.15, 0.2) is 36.4 Å². The summed E-state index contributed by atoms with van der Waals surface area (Å²) in [5, 5.41) is 1.04. The first kappa shape index (κ1) is 19.3. The molecule has 1 aliphatic heterocycles. The van der Waals surface area contributed by atoms with Crippen molar-refractivity contribution < 1.29 is 9.47 Å². The van der Waals surface area contributed by atoms with Crippen LogP contribution in [0.5, 0.6) is 11.5 Å². The number of benzene rings is 2. The van der Waals surface area contributed by atoms with Gasteiger partial charge in [-0.05, 0) is 49.1 Å². The van der Waals surface area contributed by atoms with E-state index in [2.05, 4.69) is 4.90 Å². The number of ether oxygens (including phenoxy) is 2. The van der Waals surface area contributed by atoms with Gasteiger partial charge < -0.3 is 14.4 Å². The van der Waals surface area contributed by atoms with Crippen molar-refractivity contribution in [3.63, 3.8) is 0 Å². The molecule has 3 rings (SSSR count). The number of methoxy groups -OCH3 is 1. The van der Waals surface area contributed by atoms with Gasteiger partial charge in [0.15, 0.2) is 11.5 Å². The Morgan fingerprint density at radius 2 is 1.85 bits per heavy atom. The Hall–Kier alpha value is -1.49. The highest BCUT2D eigenvalue weighted by Gasteiger charge is 2.20. The zero-order chi connectivity index (χ0) is 18.5. The van der Waals surface area contributed by atoms with Gasteiger partial charge in [-0.25, -0.2) is 0 Å². The quantitative estimate of drug-likeness (QED) is 0.586. The van der Waals surface area contributed by atoms with Crippen LogP contribution in [0.25, 0.3) is 0 Å². The van der Waals surface area contributed by atoms with E-state index in [1.165, 1.54) is 19.3 Å². The van der Waals surface area contributed by atoms with Crippen molar-refractivity contribution in [1.29, 1.82) is 0 Å². The number of hydrogen-bond acceptors (Lipinski definition) is 3. The highest BCUT2D eigenvalue weighted by molar-refractivity contribution is 7.80. The van der Waals surface area contributed by atoms with Crippen LogP contribution in [0.2, 0.25) is 10.0 Å². The van der Waals surface area contributed by atoms with Crippen LogP contribution in [-0.4, -0.2) is 30.1 Å². The molecule has 26 heavy (non-hydrogen) atoms. The molecule has 1 aliphatic rings. The molecule has 1 heterocycles. The fourth-order valence-electron chi connectivity index (χ4n) is 3.05. The van der Waals surface area contributed by atoms with Crippen LogP contribution in [-0.2, 0) is 6.61 Å². The average Bonchev–Trinajstić information content (AvgIpc) is 2.68. The summed E-state index contributed by atoms with van der Waals surface area (Å²) in [6.07, 6.45) is 3.60. The first-order chi connectivity index (χ1) is 12.6. The molecule has 0 radical (unpaired) electrons. The van der Waals surface area contributed by atoms with E-state index in [4.69, 9.17) is 44.9 Å². The number of rotatable bonds is 5. The van der Waals surface area contributed by atoms with Crippen LogP contribution in [0.3, 0.4) is 0 Å². The Kier molecular flexibility index (Phi) is 6.63. The van der Waals surface area contributed by atoms with Gasteiger partial charge in [0.25, 0.3) is 0 Å². The Bertz CT molecular complexity index is 791. The largest absolute Gasteiger partial charge is 0.493 e. The molecule has 0 saturated carbocycles. The van der Waals surface area contributed by atoms with E-state index in [-0.39, 0.29) is 0 Å². The van der Waals surface area contributed by atoms with Crippen molar-refractivity contribution in [3.05, 3.63) is 57.6 Å². The molecule has 3 nitrogen and oxygen atoms in total. The van der Waals surface area contributed by atoms with E-state index in [0.717, 1.165) is 29.2 Å². The maximum atomic E-state index is 6.11. The first-order valence-electron chi connectivity index (χ1n) is 8.63. The van der Waals surface area contributed by atoms with Crippen molar-refractivity contribution in [2.45, 2.75) is 25.9 Å². The molecule has 0 unspecified atom stereocenters. The molecule has 0 aromatic heterocycles. The minimum atomic E-state index is 0.354. The van der Waals surface area contributed by atoms with Crippen LogP contribution in [0.1, 0.15) is 30.4 Å². The van der Waals surface area contributed by atoms with E-state index in [9.17, 15) is 0 Å². The highest BCUT2D eigenvalue weighted by atomic mass is 35.5. The Balaban J connectivity index is 1.84. The van der Waals surface area contributed by atoms with Crippen LogP contribution < -0.4 is 9.47 Å². The third-order valence-electron chi connectivity index (χ3n) is 4.44. The summed E-state index contributed by atoms with van der Waals surface area (Å²) < 4.78 is 11.6. The summed E-state index contributed by atoms with van der Waals surface area (Å²) in [5.41, 5.74) is 1.82. The van der Waals surface area contributed by atoms with Gasteiger partial charge in [-0.15, -0.1) is 0 Å². The molecule has 0 atom stereocenters. The minimum Gasteiger partial charge on any atom is -0.493 e. The van der Waals surface area contributed by atoms with E-state index in [0.29, 0.717) is 28.2 Å². The van der Waals surface area contributed by atoms with Crippen molar-refractivity contribution in [1.82, 2.24) is 4.90 Å². The minimum absolute atomic E-state index is 0.354. The summed E-state index contributed by atoms with van der Waals surface area (Å²) in [4.78, 5) is 3.06. The van der Waals surface area contributed by atoms with E-state index in [1.807, 2.05) is 30.3 Å². The molecule has 0 amide bonds. The number of para-hydroxylation sites is 1. The number of thiocarbonyl (C=S) groups is 1. The SMILES string of the molecule is COc1cccc(C(=S)N2CCCCC2)c1OCc1ccc(Cl)c(Cl)c1. The van der Waals surface area contributed by atoms with Gasteiger partial charge in [0.1, 0.15) is 11.6 Å². The van der Waals surface area contributed by atoms with E-state index >= 15 is 0 Å². The van der Waals surface area contributed by atoms with Crippen molar-refractivity contribution >= 4 is 40.4 Å². The summed E-state index contributed by atoms with van der Waals surface area (Å²) >= 11 is 17.8. The predicted octanol–water partition coefficient (Wildman–Crippen LogP) is 5.74. The summed E-state index contributed by atoms with van der Waals surface area (Å²) in [7, 11) is 1.63. The van der Waals surface area contributed by atoms with Crippen molar-refractivity contribution in [3.8, 4) is 11.5 Å². The van der Waals surface area contributed by atoms with Gasteiger partial charge in [0.05, 0.1) is 22.7 Å². The molecule has 1 fully saturated rings. The lowest BCUT2D eigenvalue weighted by atomic mass is 10.1. The third-order valence-corrected chi connectivity index (χ3v) is 5.66. The second-order valence-electron chi connectivity index (χ2n) is 6.23. The van der Waals surface area contributed by atoms with Gasteiger partial charge in [-0.1, -0.05) is 47.6 Å². The third kappa shape index (κ3) is 4.43. The summed E-state index contributed by atoms with van der Waals surface area (Å²) in [6, 6.07) is 11.3. The lowest BCUT2D eigenvalue weighted by Gasteiger charge is -2.30. The highest BCUT2D eigenvalue weighted by Crippen LogP contribution is 2.34. The lowest BCUT2D eigenvalue weighted by Crippen LogP contribution is -2.35. The number of likely N-dealkylation sites (tertiary alicyclic amines) is 1. The topological polar surface area (TPSA) is 21.7 Å². The van der Waals surface area contributed by atoms with Gasteiger partial charge in [-0.2, -0.15) is 0 Å². The van der Waals surface area contributed by atoms with Crippen molar-refractivity contribution in [2.24, 2.45) is 0 Å². The first-order valence-corrected chi connectivity index (χ1v) is 9.79. The molecule has 0 N–H and O–H groups in total. The Morgan fingerprint density at radius 3 is 2.54 bits per heavy atom. The monoisotopic (exact) mass is 409 g/mol. The maximum absolute atomic E-state index is 6.11. The van der Waals surface area contributed by atoms with Crippen LogP contribution in [0.4, 0.5) is 0 Å². The van der Waals surface area contributed by atoms with Gasteiger partial charge >= 0.3 is 0 Å². The average molecular weight is 410 g/mol. The Morgan fingerprint density at radius 1 is 1.08 bits per heavy atom. The number of nitrogens with zero attached hydrogens (tertiary/aromatic N) is 1. The van der Waals surface area contributed by atoms with Gasteiger partial charge in [0, 0.05) is 13.1 Å². The molecule has 138 valence electrons. The molecular weight excluding hydrogens is 389 g/mol. The van der Waals surface area contributed by atoms with E-state index in [1.54, 1.807) is 13.2 Å². The fraction of sp³-hybridized carbons (Fsp3) is 0.350. The maximum Gasteiger partial charge on any atom is 0.171 e. The van der Waals surface area contributed by atoms with Crippen LogP contribution in [0, 0.1) is 0 Å². The summed E-state index contributed by atoms with van der Waals surface area (Å²) in [6.45, 7) is 2.33. The normalized spacial score (nSPS) is 14.2.